The summed E-state index contributed by atoms with van der Waals surface area (Å²) in [4.78, 5) is 25.3. The lowest BCUT2D eigenvalue weighted by Gasteiger charge is -2.12. The second-order valence-electron chi connectivity index (χ2n) is 8.09. The topological polar surface area (TPSA) is 99.2 Å². The van der Waals surface area contributed by atoms with Gasteiger partial charge in [0.1, 0.15) is 12.2 Å². The first-order chi connectivity index (χ1) is 16.0. The minimum atomic E-state index is -0.482. The standard InChI is InChI=1S/C25H26N4O4/c1-4-32-25(31)18-10-6-7-11-19(18)26-22(30)15-29-20-12-8-5-9-17(20)14-21(29)24-28-27-23(33-24)13-16(2)3/h5-12,14,16H,4,13,15H2,1-3H3,(H,26,30). The number of carbonyl (C=O) groups excluding carboxylic acids is 2. The van der Waals surface area contributed by atoms with E-state index in [9.17, 15) is 9.59 Å². The molecule has 0 fully saturated rings. The number of amides is 1. The van der Waals surface area contributed by atoms with Gasteiger partial charge in [-0.15, -0.1) is 10.2 Å². The van der Waals surface area contributed by atoms with Gasteiger partial charge in [-0.1, -0.05) is 44.2 Å². The highest BCUT2D eigenvalue weighted by atomic mass is 16.5. The monoisotopic (exact) mass is 446 g/mol. The Balaban J connectivity index is 1.64. The Morgan fingerprint density at radius 2 is 1.85 bits per heavy atom. The van der Waals surface area contributed by atoms with E-state index in [2.05, 4.69) is 29.4 Å². The molecule has 0 atom stereocenters. The quantitative estimate of drug-likeness (QED) is 0.394. The molecular weight excluding hydrogens is 420 g/mol. The third-order valence-corrected chi connectivity index (χ3v) is 5.08. The van der Waals surface area contributed by atoms with Crippen molar-refractivity contribution in [2.24, 2.45) is 5.92 Å². The molecule has 2 heterocycles. The average molecular weight is 447 g/mol. The van der Waals surface area contributed by atoms with Crippen molar-refractivity contribution in [3.8, 4) is 11.6 Å². The van der Waals surface area contributed by atoms with Crippen LogP contribution in [0.2, 0.25) is 0 Å². The zero-order valence-corrected chi connectivity index (χ0v) is 18.9. The van der Waals surface area contributed by atoms with Gasteiger partial charge >= 0.3 is 5.97 Å². The van der Waals surface area contributed by atoms with Gasteiger partial charge < -0.3 is 19.0 Å². The molecule has 0 saturated carbocycles. The number of para-hydroxylation sites is 2. The largest absolute Gasteiger partial charge is 0.462 e. The highest BCUT2D eigenvalue weighted by molar-refractivity contribution is 6.01. The van der Waals surface area contributed by atoms with E-state index in [1.54, 1.807) is 31.2 Å². The molecule has 0 aliphatic rings. The van der Waals surface area contributed by atoms with E-state index in [4.69, 9.17) is 9.15 Å². The van der Waals surface area contributed by atoms with Crippen LogP contribution in [0.1, 0.15) is 37.0 Å². The van der Waals surface area contributed by atoms with Crippen LogP contribution in [-0.4, -0.2) is 33.2 Å². The number of benzene rings is 2. The Hall–Kier alpha value is -3.94. The Morgan fingerprint density at radius 3 is 2.64 bits per heavy atom. The molecule has 2 aromatic heterocycles. The SMILES string of the molecule is CCOC(=O)c1ccccc1NC(=O)Cn1c(-c2nnc(CC(C)C)o2)cc2ccccc21. The molecule has 0 saturated heterocycles. The van der Waals surface area contributed by atoms with Gasteiger partial charge in [-0.05, 0) is 37.1 Å². The summed E-state index contributed by atoms with van der Waals surface area (Å²) in [6, 6.07) is 16.5. The van der Waals surface area contributed by atoms with Crippen LogP contribution in [0.25, 0.3) is 22.5 Å². The molecule has 0 unspecified atom stereocenters. The Bertz CT molecular complexity index is 1290. The van der Waals surface area contributed by atoms with Crippen molar-refractivity contribution in [3.05, 3.63) is 66.1 Å². The molecule has 170 valence electrons. The van der Waals surface area contributed by atoms with Gasteiger partial charge in [-0.2, -0.15) is 0 Å². The van der Waals surface area contributed by atoms with Crippen LogP contribution in [0.4, 0.5) is 5.69 Å². The summed E-state index contributed by atoms with van der Waals surface area (Å²) in [6.07, 6.45) is 0.679. The highest BCUT2D eigenvalue weighted by Gasteiger charge is 2.20. The smallest absolute Gasteiger partial charge is 0.340 e. The Morgan fingerprint density at radius 1 is 1.09 bits per heavy atom. The summed E-state index contributed by atoms with van der Waals surface area (Å²) >= 11 is 0. The lowest BCUT2D eigenvalue weighted by Crippen LogP contribution is -2.21. The number of hydrogen-bond acceptors (Lipinski definition) is 6. The molecule has 0 spiro atoms. The van der Waals surface area contributed by atoms with Crippen LogP contribution in [0.3, 0.4) is 0 Å². The lowest BCUT2D eigenvalue weighted by molar-refractivity contribution is -0.116. The van der Waals surface area contributed by atoms with Crippen molar-refractivity contribution in [3.63, 3.8) is 0 Å². The summed E-state index contributed by atoms with van der Waals surface area (Å²) in [7, 11) is 0. The normalized spacial score (nSPS) is 11.2. The zero-order valence-electron chi connectivity index (χ0n) is 18.9. The van der Waals surface area contributed by atoms with Crippen LogP contribution in [-0.2, 0) is 22.5 Å². The fourth-order valence-corrected chi connectivity index (χ4v) is 3.66. The van der Waals surface area contributed by atoms with Crippen molar-refractivity contribution >= 4 is 28.5 Å². The van der Waals surface area contributed by atoms with Gasteiger partial charge in [0.2, 0.25) is 11.8 Å². The minimum Gasteiger partial charge on any atom is -0.462 e. The van der Waals surface area contributed by atoms with Gasteiger partial charge in [0.05, 0.1) is 17.9 Å². The molecule has 1 N–H and O–H groups in total. The van der Waals surface area contributed by atoms with Gasteiger partial charge in [0.25, 0.3) is 5.89 Å². The van der Waals surface area contributed by atoms with Crippen LogP contribution >= 0.6 is 0 Å². The van der Waals surface area contributed by atoms with Crippen LogP contribution < -0.4 is 5.32 Å². The molecule has 1 amide bonds. The summed E-state index contributed by atoms with van der Waals surface area (Å²) in [6.45, 7) is 6.16. The summed E-state index contributed by atoms with van der Waals surface area (Å²) in [5, 5.41) is 12.2. The molecule has 0 aliphatic heterocycles. The number of hydrogen-bond donors (Lipinski definition) is 1. The van der Waals surface area contributed by atoms with Crippen molar-refractivity contribution in [1.82, 2.24) is 14.8 Å². The molecule has 2 aromatic carbocycles. The maximum absolute atomic E-state index is 13.0. The number of anilines is 1. The molecule has 4 rings (SSSR count). The van der Waals surface area contributed by atoms with E-state index in [1.165, 1.54) is 0 Å². The van der Waals surface area contributed by atoms with Gasteiger partial charge in [0, 0.05) is 17.3 Å². The second-order valence-corrected chi connectivity index (χ2v) is 8.09. The van der Waals surface area contributed by atoms with E-state index in [0.717, 1.165) is 10.9 Å². The van der Waals surface area contributed by atoms with Crippen molar-refractivity contribution in [2.45, 2.75) is 33.7 Å². The molecule has 0 bridgehead atoms. The van der Waals surface area contributed by atoms with Crippen LogP contribution in [0.15, 0.2) is 59.0 Å². The maximum Gasteiger partial charge on any atom is 0.340 e. The first-order valence-electron chi connectivity index (χ1n) is 10.9. The van der Waals surface area contributed by atoms with Crippen molar-refractivity contribution in [1.29, 1.82) is 0 Å². The molecule has 8 nitrogen and oxygen atoms in total. The van der Waals surface area contributed by atoms with Gasteiger partial charge in [-0.25, -0.2) is 4.79 Å². The van der Waals surface area contributed by atoms with E-state index >= 15 is 0 Å². The number of nitrogens with one attached hydrogen (secondary N) is 1. The molecule has 33 heavy (non-hydrogen) atoms. The minimum absolute atomic E-state index is 0.00189. The second kappa shape index (κ2) is 9.68. The highest BCUT2D eigenvalue weighted by Crippen LogP contribution is 2.28. The van der Waals surface area contributed by atoms with Crippen LogP contribution in [0, 0.1) is 5.92 Å². The first-order valence-corrected chi connectivity index (χ1v) is 10.9. The van der Waals surface area contributed by atoms with Crippen molar-refractivity contribution < 1.29 is 18.7 Å². The first kappa shape index (κ1) is 22.3. The fraction of sp³-hybridized carbons (Fsp3) is 0.280. The molecule has 0 radical (unpaired) electrons. The number of ether oxygens (including phenoxy) is 1. The maximum atomic E-state index is 13.0. The molecule has 0 aliphatic carbocycles. The third kappa shape index (κ3) is 4.95. The van der Waals surface area contributed by atoms with E-state index in [0.29, 0.717) is 41.1 Å². The van der Waals surface area contributed by atoms with Crippen LogP contribution in [0.5, 0.6) is 0 Å². The predicted molar refractivity (Wildman–Crippen MR) is 125 cm³/mol. The number of fused-ring (bicyclic) bond motifs is 1. The van der Waals surface area contributed by atoms with E-state index < -0.39 is 5.97 Å². The van der Waals surface area contributed by atoms with E-state index in [1.807, 2.05) is 34.9 Å². The molecular formula is C25H26N4O4. The summed E-state index contributed by atoms with van der Waals surface area (Å²) < 4.78 is 12.8. The molecule has 4 aromatic rings. The number of esters is 1. The fourth-order valence-electron chi connectivity index (χ4n) is 3.66. The van der Waals surface area contributed by atoms with Gasteiger partial charge in [0.15, 0.2) is 0 Å². The summed E-state index contributed by atoms with van der Waals surface area (Å²) in [5.41, 5.74) is 2.23. The lowest BCUT2D eigenvalue weighted by atomic mass is 10.1. The number of nitrogens with zero attached hydrogens (tertiary/aromatic N) is 3. The molecule has 8 heteroatoms. The average Bonchev–Trinajstić information content (AvgIpc) is 3.38. The zero-order chi connectivity index (χ0) is 23.4. The van der Waals surface area contributed by atoms with E-state index in [-0.39, 0.29) is 19.1 Å². The Kier molecular flexibility index (Phi) is 6.53. The number of aromatic nitrogens is 3. The third-order valence-electron chi connectivity index (χ3n) is 5.08. The van der Waals surface area contributed by atoms with Crippen molar-refractivity contribution in [2.75, 3.05) is 11.9 Å². The number of rotatable bonds is 8. The summed E-state index contributed by atoms with van der Waals surface area (Å²) in [5.74, 6) is 0.529. The number of carbonyl (C=O) groups is 2. The Labute approximate surface area is 191 Å². The predicted octanol–water partition coefficient (Wildman–Crippen LogP) is 4.71. The van der Waals surface area contributed by atoms with Gasteiger partial charge in [-0.3, -0.25) is 4.79 Å².